The van der Waals surface area contributed by atoms with Gasteiger partial charge in [0, 0.05) is 30.0 Å². The van der Waals surface area contributed by atoms with Crippen LogP contribution in [-0.4, -0.2) is 15.5 Å². The molecule has 2 atom stereocenters. The molecule has 4 rings (SSSR count). The number of hydrogen-bond donors (Lipinski definition) is 1. The van der Waals surface area contributed by atoms with Gasteiger partial charge in [-0.05, 0) is 60.4 Å². The molecule has 0 spiro atoms. The van der Waals surface area contributed by atoms with Crippen LogP contribution in [0.4, 0.5) is 0 Å². The maximum Gasteiger partial charge on any atom is 0.196 e. The van der Waals surface area contributed by atoms with Crippen molar-refractivity contribution in [3.05, 3.63) is 34.3 Å². The van der Waals surface area contributed by atoms with Crippen molar-refractivity contribution in [1.82, 2.24) is 15.3 Å². The van der Waals surface area contributed by atoms with Gasteiger partial charge in [0.15, 0.2) is 4.73 Å². The van der Waals surface area contributed by atoms with Crippen molar-refractivity contribution in [2.24, 2.45) is 11.8 Å². The molecular weight excluding hydrogens is 314 g/mol. The van der Waals surface area contributed by atoms with Crippen LogP contribution in [0, 0.1) is 11.8 Å². The number of nitrogens with one attached hydrogen (secondary N) is 1. The van der Waals surface area contributed by atoms with Gasteiger partial charge in [0.25, 0.3) is 0 Å². The molecule has 3 nitrogen and oxygen atoms in total. The van der Waals surface area contributed by atoms with Gasteiger partial charge in [0.1, 0.15) is 0 Å². The fraction of sp³-hybridized carbons (Fsp3) is 0.625. The van der Waals surface area contributed by atoms with Crippen LogP contribution in [0.25, 0.3) is 0 Å². The zero-order valence-electron chi connectivity index (χ0n) is 12.2. The Morgan fingerprint density at radius 3 is 2.70 bits per heavy atom. The first-order valence-corrected chi connectivity index (χ1v) is 8.23. The van der Waals surface area contributed by atoms with E-state index in [2.05, 4.69) is 51.1 Å². The highest BCUT2D eigenvalue weighted by Crippen LogP contribution is 2.43. The zero-order chi connectivity index (χ0) is 14.2. The lowest BCUT2D eigenvalue weighted by molar-refractivity contribution is 0.200. The molecule has 0 aromatic carbocycles. The van der Waals surface area contributed by atoms with Gasteiger partial charge in [-0.2, -0.15) is 0 Å². The minimum Gasteiger partial charge on any atom is -0.307 e. The quantitative estimate of drug-likeness (QED) is 0.673. The maximum atomic E-state index is 4.19. The second kappa shape index (κ2) is 5.57. The van der Waals surface area contributed by atoms with Crippen LogP contribution < -0.4 is 5.32 Å². The van der Waals surface area contributed by atoms with Gasteiger partial charge < -0.3 is 5.32 Å². The lowest BCUT2D eigenvalue weighted by Crippen LogP contribution is -2.46. The lowest BCUT2D eigenvalue weighted by Gasteiger charge is -2.43. The highest BCUT2D eigenvalue weighted by atomic mass is 79.9. The Hall–Kier alpha value is -0.740. The van der Waals surface area contributed by atoms with E-state index in [0.29, 0.717) is 10.7 Å². The average Bonchev–Trinajstić information content (AvgIpc) is 2.33. The Balaban J connectivity index is 1.65. The minimum atomic E-state index is 0.222. The van der Waals surface area contributed by atoms with E-state index in [9.17, 15) is 0 Å². The second-order valence-corrected chi connectivity index (χ2v) is 7.47. The van der Waals surface area contributed by atoms with Crippen LogP contribution in [0.5, 0.6) is 0 Å². The van der Waals surface area contributed by atoms with Crippen LogP contribution in [0.15, 0.2) is 28.8 Å². The highest BCUT2D eigenvalue weighted by molar-refractivity contribution is 9.10. The fourth-order valence-corrected chi connectivity index (χ4v) is 3.95. The summed E-state index contributed by atoms with van der Waals surface area (Å²) in [6.45, 7) is 5.56. The van der Waals surface area contributed by atoms with Crippen LogP contribution >= 0.6 is 15.9 Å². The van der Waals surface area contributed by atoms with Crippen molar-refractivity contribution >= 4 is 15.9 Å². The monoisotopic (exact) mass is 335 g/mol. The van der Waals surface area contributed by atoms with Gasteiger partial charge in [-0.25, -0.2) is 9.97 Å². The molecule has 0 aliphatic heterocycles. The van der Waals surface area contributed by atoms with Crippen LogP contribution in [-0.2, 0) is 6.54 Å². The van der Waals surface area contributed by atoms with Crippen molar-refractivity contribution in [2.75, 3.05) is 0 Å². The summed E-state index contributed by atoms with van der Waals surface area (Å²) >= 11 is 3.27. The summed E-state index contributed by atoms with van der Waals surface area (Å²) in [6.07, 6.45) is 11.4. The van der Waals surface area contributed by atoms with E-state index in [1.807, 2.05) is 12.4 Å². The second-order valence-electron chi connectivity index (χ2n) is 6.76. The molecule has 20 heavy (non-hydrogen) atoms. The lowest BCUT2D eigenvalue weighted by atomic mass is 9.67. The summed E-state index contributed by atoms with van der Waals surface area (Å²) < 4.78 is 0.652. The van der Waals surface area contributed by atoms with Crippen LogP contribution in [0.2, 0.25) is 0 Å². The summed E-state index contributed by atoms with van der Waals surface area (Å²) in [5.74, 6) is 1.55. The first-order valence-electron chi connectivity index (χ1n) is 7.43. The molecular formula is C16H22BrN3. The predicted octanol–water partition coefficient (Wildman–Crippen LogP) is 3.85. The average molecular weight is 336 g/mol. The Labute approximate surface area is 129 Å². The molecule has 0 saturated heterocycles. The van der Waals surface area contributed by atoms with Crippen molar-refractivity contribution in [1.29, 1.82) is 0 Å². The Morgan fingerprint density at radius 2 is 2.00 bits per heavy atom. The largest absolute Gasteiger partial charge is 0.307 e. The van der Waals surface area contributed by atoms with Crippen molar-refractivity contribution < 1.29 is 0 Å². The van der Waals surface area contributed by atoms with Crippen molar-refractivity contribution in [3.63, 3.8) is 0 Å². The molecule has 1 saturated carbocycles. The van der Waals surface area contributed by atoms with E-state index < -0.39 is 0 Å². The first-order chi connectivity index (χ1) is 9.52. The van der Waals surface area contributed by atoms with Crippen molar-refractivity contribution in [3.8, 4) is 0 Å². The summed E-state index contributed by atoms with van der Waals surface area (Å²) in [7, 11) is 0. The van der Waals surface area contributed by atoms with E-state index >= 15 is 0 Å². The minimum absolute atomic E-state index is 0.222. The molecule has 2 unspecified atom stereocenters. The number of nitrogens with zero attached hydrogens (tertiary/aromatic N) is 2. The van der Waals surface area contributed by atoms with Gasteiger partial charge in [-0.1, -0.05) is 18.6 Å². The normalized spacial score (nSPS) is 32.9. The van der Waals surface area contributed by atoms with E-state index in [0.717, 1.165) is 18.0 Å². The Kier molecular flexibility index (Phi) is 3.95. The number of rotatable bonds is 3. The molecule has 3 aliphatic rings. The van der Waals surface area contributed by atoms with E-state index in [4.69, 9.17) is 0 Å². The molecule has 2 bridgehead atoms. The number of halogens is 1. The summed E-state index contributed by atoms with van der Waals surface area (Å²) in [5, 5.41) is 3.76. The molecule has 4 heteroatoms. The Morgan fingerprint density at radius 1 is 1.30 bits per heavy atom. The molecule has 3 aliphatic carbocycles. The number of allylic oxidation sites excluding steroid dienone is 2. The van der Waals surface area contributed by atoms with Crippen molar-refractivity contribution in [2.45, 2.75) is 51.6 Å². The molecule has 1 heterocycles. The molecule has 0 radical (unpaired) electrons. The summed E-state index contributed by atoms with van der Waals surface area (Å²) in [6, 6.07) is 0. The zero-order valence-corrected chi connectivity index (χ0v) is 13.8. The standard InChI is InChI=1S/C16H22BrN3/c1-11-3-12-4-13(5-12)7-16(2,6-11)20-10-14-8-18-15(17)19-9-14/h3,8-9,11,13,20H,4-7,10H2,1-2H3. The molecule has 0 amide bonds. The number of hydrogen-bond acceptors (Lipinski definition) is 3. The third-order valence-corrected chi connectivity index (χ3v) is 4.94. The molecule has 1 N–H and O–H groups in total. The first kappa shape index (κ1) is 14.2. The van der Waals surface area contributed by atoms with Crippen LogP contribution in [0.1, 0.15) is 45.1 Å². The van der Waals surface area contributed by atoms with Gasteiger partial charge >= 0.3 is 0 Å². The van der Waals surface area contributed by atoms with Gasteiger partial charge in [0.2, 0.25) is 0 Å². The third-order valence-electron chi connectivity index (χ3n) is 4.53. The van der Waals surface area contributed by atoms with E-state index in [1.54, 1.807) is 5.57 Å². The van der Waals surface area contributed by atoms with Gasteiger partial charge in [0.05, 0.1) is 0 Å². The fourth-order valence-electron chi connectivity index (χ4n) is 3.74. The topological polar surface area (TPSA) is 37.8 Å². The van der Waals surface area contributed by atoms with Crippen LogP contribution in [0.3, 0.4) is 0 Å². The van der Waals surface area contributed by atoms with E-state index in [-0.39, 0.29) is 5.54 Å². The molecule has 1 aromatic heterocycles. The third kappa shape index (κ3) is 3.29. The highest BCUT2D eigenvalue weighted by Gasteiger charge is 2.36. The van der Waals surface area contributed by atoms with Gasteiger partial charge in [-0.3, -0.25) is 0 Å². The summed E-state index contributed by atoms with van der Waals surface area (Å²) in [5.41, 5.74) is 3.06. The number of fused-ring (bicyclic) bond motifs is 4. The summed E-state index contributed by atoms with van der Waals surface area (Å²) in [4.78, 5) is 8.39. The van der Waals surface area contributed by atoms with E-state index in [1.165, 1.54) is 25.7 Å². The SMILES string of the molecule is CC1C=C2CC(C2)CC(C)(NCc2cnc(Br)nc2)C1. The molecule has 1 fully saturated rings. The Bertz CT molecular complexity index is 503. The maximum absolute atomic E-state index is 4.19. The number of aromatic nitrogens is 2. The van der Waals surface area contributed by atoms with Gasteiger partial charge in [-0.15, -0.1) is 0 Å². The predicted molar refractivity (Wildman–Crippen MR) is 84.2 cm³/mol. The molecule has 1 aromatic rings. The molecule has 108 valence electrons. The smallest absolute Gasteiger partial charge is 0.196 e.